The van der Waals surface area contributed by atoms with Gasteiger partial charge in [0.15, 0.2) is 6.54 Å². The first-order valence-corrected chi connectivity index (χ1v) is 10.5. The number of quaternary nitrogens is 2. The minimum absolute atomic E-state index is 0.00912. The molecule has 1 aromatic rings. The van der Waals surface area contributed by atoms with Crippen LogP contribution in [0.5, 0.6) is 0 Å². The first-order chi connectivity index (χ1) is 13.6. The lowest BCUT2D eigenvalue weighted by molar-refractivity contribution is -0.898. The lowest BCUT2D eigenvalue weighted by Crippen LogP contribution is -3.14. The Bertz CT molecular complexity index is 648. The molecule has 3 rings (SSSR count). The second-order valence-electron chi connectivity index (χ2n) is 7.91. The predicted molar refractivity (Wildman–Crippen MR) is 109 cm³/mol. The Labute approximate surface area is 167 Å². The third-order valence-electron chi connectivity index (χ3n) is 6.12. The van der Waals surface area contributed by atoms with Gasteiger partial charge in [0.1, 0.15) is 0 Å². The molecule has 7 heteroatoms. The zero-order valence-corrected chi connectivity index (χ0v) is 17.1. The number of piperidine rings is 1. The molecule has 0 radical (unpaired) electrons. The van der Waals surface area contributed by atoms with Crippen LogP contribution in [-0.4, -0.2) is 71.3 Å². The Morgan fingerprint density at radius 2 is 1.71 bits per heavy atom. The summed E-state index contributed by atoms with van der Waals surface area (Å²) in [4.78, 5) is 29.3. The molecule has 2 aliphatic rings. The SMILES string of the molecule is CC[NH+]1CCN(c2ccc(NC(=O)C[NH+]3CCC(C(=O)OC)CC3)cc2)CC1. The first-order valence-electron chi connectivity index (χ1n) is 10.5. The zero-order chi connectivity index (χ0) is 19.9. The van der Waals surface area contributed by atoms with Crippen LogP contribution in [0.1, 0.15) is 19.8 Å². The van der Waals surface area contributed by atoms with Crippen LogP contribution in [0.15, 0.2) is 24.3 Å². The maximum Gasteiger partial charge on any atom is 0.309 e. The molecule has 1 amide bonds. The number of carbonyl (C=O) groups is 2. The van der Waals surface area contributed by atoms with Crippen molar-refractivity contribution < 1.29 is 24.1 Å². The minimum atomic E-state index is -0.124. The van der Waals surface area contributed by atoms with Gasteiger partial charge in [0.2, 0.25) is 0 Å². The summed E-state index contributed by atoms with van der Waals surface area (Å²) in [5, 5.41) is 3.01. The number of amides is 1. The van der Waals surface area contributed by atoms with Gasteiger partial charge < -0.3 is 24.8 Å². The van der Waals surface area contributed by atoms with Crippen LogP contribution >= 0.6 is 0 Å². The number of anilines is 2. The van der Waals surface area contributed by atoms with Crippen LogP contribution in [0.2, 0.25) is 0 Å². The Morgan fingerprint density at radius 3 is 2.29 bits per heavy atom. The van der Waals surface area contributed by atoms with E-state index in [-0.39, 0.29) is 17.8 Å². The summed E-state index contributed by atoms with van der Waals surface area (Å²) in [5.74, 6) is -0.106. The fourth-order valence-electron chi connectivity index (χ4n) is 4.23. The topological polar surface area (TPSA) is 67.5 Å². The number of benzene rings is 1. The van der Waals surface area contributed by atoms with Gasteiger partial charge in [-0.25, -0.2) is 0 Å². The van der Waals surface area contributed by atoms with Gasteiger partial charge in [-0.3, -0.25) is 9.59 Å². The third-order valence-corrected chi connectivity index (χ3v) is 6.12. The molecule has 0 spiro atoms. The summed E-state index contributed by atoms with van der Waals surface area (Å²) in [6.45, 7) is 10.1. The second-order valence-corrected chi connectivity index (χ2v) is 7.91. The molecule has 2 heterocycles. The number of ether oxygens (including phenoxy) is 1. The van der Waals surface area contributed by atoms with Crippen molar-refractivity contribution >= 4 is 23.3 Å². The number of methoxy groups -OCH3 is 1. The summed E-state index contributed by atoms with van der Waals surface area (Å²) in [7, 11) is 1.44. The van der Waals surface area contributed by atoms with Crippen LogP contribution in [-0.2, 0) is 14.3 Å². The van der Waals surface area contributed by atoms with Gasteiger partial charge in [-0.1, -0.05) is 0 Å². The molecule has 0 atom stereocenters. The monoisotopic (exact) mass is 390 g/mol. The molecule has 2 aliphatic heterocycles. The average molecular weight is 391 g/mol. The fraction of sp³-hybridized carbons (Fsp3) is 0.619. The number of likely N-dealkylation sites (N-methyl/N-ethyl adjacent to an activating group) is 1. The van der Waals surface area contributed by atoms with Gasteiger partial charge in [-0.2, -0.15) is 0 Å². The molecule has 0 bridgehead atoms. The van der Waals surface area contributed by atoms with E-state index < -0.39 is 0 Å². The van der Waals surface area contributed by atoms with E-state index in [1.807, 2.05) is 12.1 Å². The van der Waals surface area contributed by atoms with E-state index in [0.717, 1.165) is 44.7 Å². The molecular formula is C21H34N4O3+2. The van der Waals surface area contributed by atoms with Crippen molar-refractivity contribution in [2.24, 2.45) is 5.92 Å². The van der Waals surface area contributed by atoms with Gasteiger partial charge in [-0.05, 0) is 31.2 Å². The minimum Gasteiger partial charge on any atom is -0.469 e. The maximum absolute atomic E-state index is 12.4. The molecule has 0 unspecified atom stereocenters. The zero-order valence-electron chi connectivity index (χ0n) is 17.1. The van der Waals surface area contributed by atoms with Crippen molar-refractivity contribution in [2.45, 2.75) is 19.8 Å². The van der Waals surface area contributed by atoms with Gasteiger partial charge in [0.05, 0.1) is 58.8 Å². The maximum atomic E-state index is 12.4. The van der Waals surface area contributed by atoms with E-state index in [2.05, 4.69) is 29.3 Å². The summed E-state index contributed by atoms with van der Waals surface area (Å²) in [5.41, 5.74) is 2.07. The van der Waals surface area contributed by atoms with Crippen molar-refractivity contribution in [3.05, 3.63) is 24.3 Å². The Balaban J connectivity index is 1.43. The molecule has 2 fully saturated rings. The van der Waals surface area contributed by atoms with E-state index in [9.17, 15) is 9.59 Å². The summed E-state index contributed by atoms with van der Waals surface area (Å²) < 4.78 is 4.82. The largest absolute Gasteiger partial charge is 0.469 e. The first kappa shape index (κ1) is 20.6. The fourth-order valence-corrected chi connectivity index (χ4v) is 4.23. The molecule has 154 valence electrons. The van der Waals surface area contributed by atoms with Gasteiger partial charge in [-0.15, -0.1) is 0 Å². The third kappa shape index (κ3) is 5.45. The van der Waals surface area contributed by atoms with Gasteiger partial charge >= 0.3 is 5.97 Å². The van der Waals surface area contributed by atoms with E-state index >= 15 is 0 Å². The molecule has 7 nitrogen and oxygen atoms in total. The average Bonchev–Trinajstić information content (AvgIpc) is 2.74. The molecule has 2 saturated heterocycles. The van der Waals surface area contributed by atoms with E-state index in [1.54, 1.807) is 4.90 Å². The predicted octanol–water partition coefficient (Wildman–Crippen LogP) is -1.18. The Morgan fingerprint density at radius 1 is 1.07 bits per heavy atom. The highest BCUT2D eigenvalue weighted by molar-refractivity contribution is 5.91. The van der Waals surface area contributed by atoms with E-state index in [4.69, 9.17) is 4.74 Å². The number of piperazine rings is 1. The number of carbonyl (C=O) groups excluding carboxylic acids is 2. The Kier molecular flexibility index (Phi) is 7.28. The number of nitrogens with zero attached hydrogens (tertiary/aromatic N) is 1. The van der Waals surface area contributed by atoms with Crippen LogP contribution in [0.3, 0.4) is 0 Å². The number of hydrogen-bond acceptors (Lipinski definition) is 4. The molecule has 1 aromatic carbocycles. The lowest BCUT2D eigenvalue weighted by atomic mass is 9.97. The highest BCUT2D eigenvalue weighted by Gasteiger charge is 2.29. The molecule has 0 saturated carbocycles. The van der Waals surface area contributed by atoms with Crippen LogP contribution in [0.25, 0.3) is 0 Å². The van der Waals surface area contributed by atoms with Crippen molar-refractivity contribution in [1.29, 1.82) is 0 Å². The number of rotatable bonds is 6. The number of hydrogen-bond donors (Lipinski definition) is 3. The molecule has 0 aliphatic carbocycles. The van der Waals surface area contributed by atoms with Gasteiger partial charge in [0.25, 0.3) is 5.91 Å². The lowest BCUT2D eigenvalue weighted by Gasteiger charge is -2.33. The summed E-state index contributed by atoms with van der Waals surface area (Å²) in [6, 6.07) is 8.18. The van der Waals surface area contributed by atoms with Crippen LogP contribution in [0, 0.1) is 5.92 Å². The Hall–Kier alpha value is -2.12. The number of likely N-dealkylation sites (tertiary alicyclic amines) is 1. The van der Waals surface area contributed by atoms with Crippen molar-refractivity contribution in [3.8, 4) is 0 Å². The standard InChI is InChI=1S/C21H32N4O3/c1-3-23-12-14-25(15-13-23)19-6-4-18(5-7-19)22-20(26)16-24-10-8-17(9-11-24)21(27)28-2/h4-7,17H,3,8-16H2,1-2H3,(H,22,26)/p+2. The van der Waals surface area contributed by atoms with Crippen molar-refractivity contribution in [1.82, 2.24) is 0 Å². The highest BCUT2D eigenvalue weighted by atomic mass is 16.5. The van der Waals surface area contributed by atoms with E-state index in [1.165, 1.54) is 37.3 Å². The second kappa shape index (κ2) is 9.89. The quantitative estimate of drug-likeness (QED) is 0.535. The highest BCUT2D eigenvalue weighted by Crippen LogP contribution is 2.18. The normalized spacial score (nSPS) is 23.3. The van der Waals surface area contributed by atoms with Gasteiger partial charge in [0, 0.05) is 24.2 Å². The van der Waals surface area contributed by atoms with Crippen molar-refractivity contribution in [2.75, 3.05) is 69.7 Å². The summed E-state index contributed by atoms with van der Waals surface area (Å²) in [6.07, 6.45) is 1.58. The van der Waals surface area contributed by atoms with E-state index in [0.29, 0.717) is 6.54 Å². The summed E-state index contributed by atoms with van der Waals surface area (Å²) >= 11 is 0. The molecule has 28 heavy (non-hydrogen) atoms. The molecular weight excluding hydrogens is 356 g/mol. The number of nitrogens with one attached hydrogen (secondary N) is 3. The van der Waals surface area contributed by atoms with Crippen molar-refractivity contribution in [3.63, 3.8) is 0 Å². The smallest absolute Gasteiger partial charge is 0.309 e. The molecule has 0 aromatic heterocycles. The molecule has 3 N–H and O–H groups in total. The number of esters is 1. The van der Waals surface area contributed by atoms with Crippen LogP contribution in [0.4, 0.5) is 11.4 Å². The van der Waals surface area contributed by atoms with Crippen LogP contribution < -0.4 is 20.0 Å².